The number of hydrogen-bond acceptors (Lipinski definition) is 7. The summed E-state index contributed by atoms with van der Waals surface area (Å²) in [5, 5.41) is 8.85. The Bertz CT molecular complexity index is 726. The topological polar surface area (TPSA) is 63.2 Å². The first-order chi connectivity index (χ1) is 11.1. The minimum absolute atomic E-state index is 0.0207. The summed E-state index contributed by atoms with van der Waals surface area (Å²) < 4.78 is 1.31. The van der Waals surface area contributed by atoms with Crippen molar-refractivity contribution in [1.29, 1.82) is 0 Å². The molecule has 1 fully saturated rings. The molecule has 0 radical (unpaired) electrons. The van der Waals surface area contributed by atoms with E-state index in [-0.39, 0.29) is 23.5 Å². The lowest BCUT2D eigenvalue weighted by Gasteiger charge is -2.17. The van der Waals surface area contributed by atoms with Gasteiger partial charge >= 0.3 is 0 Å². The summed E-state index contributed by atoms with van der Waals surface area (Å²) in [5.74, 6) is 0.383. The quantitative estimate of drug-likeness (QED) is 0.406. The van der Waals surface area contributed by atoms with Crippen LogP contribution in [0.25, 0.3) is 0 Å². The molecular formula is C14H14ClN3O2S3. The van der Waals surface area contributed by atoms with Crippen molar-refractivity contribution in [2.45, 2.75) is 36.6 Å². The molecule has 0 spiro atoms. The van der Waals surface area contributed by atoms with E-state index in [1.807, 2.05) is 6.92 Å². The number of Topliss-reactive ketones (excluding diaryl/α,β-unsaturated/α-hetero) is 1. The van der Waals surface area contributed by atoms with Crippen LogP contribution in [0.5, 0.6) is 0 Å². The van der Waals surface area contributed by atoms with Crippen LogP contribution < -0.4 is 4.90 Å². The Morgan fingerprint density at radius 2 is 2.13 bits per heavy atom. The predicted octanol–water partition coefficient (Wildman–Crippen LogP) is 4.13. The third kappa shape index (κ3) is 4.12. The van der Waals surface area contributed by atoms with Gasteiger partial charge in [-0.2, -0.15) is 0 Å². The Hall–Kier alpha value is -0.960. The van der Waals surface area contributed by atoms with Gasteiger partial charge in [0.1, 0.15) is 0 Å². The Kier molecular flexibility index (Phi) is 5.35. The van der Waals surface area contributed by atoms with Gasteiger partial charge in [0.2, 0.25) is 11.0 Å². The number of carbonyl (C=O) groups is 2. The molecule has 2 aromatic heterocycles. The fraction of sp³-hybridized carbons (Fsp3) is 0.429. The number of ketones is 1. The summed E-state index contributed by atoms with van der Waals surface area (Å²) in [7, 11) is 0. The van der Waals surface area contributed by atoms with Crippen LogP contribution in [-0.2, 0) is 4.79 Å². The monoisotopic (exact) mass is 387 g/mol. The van der Waals surface area contributed by atoms with Crippen molar-refractivity contribution in [2.24, 2.45) is 0 Å². The van der Waals surface area contributed by atoms with Crippen molar-refractivity contribution in [3.05, 3.63) is 21.3 Å². The minimum Gasteiger partial charge on any atom is -0.292 e. The molecule has 3 rings (SSSR count). The van der Waals surface area contributed by atoms with E-state index in [1.165, 1.54) is 34.4 Å². The van der Waals surface area contributed by atoms with Crippen molar-refractivity contribution in [3.8, 4) is 0 Å². The summed E-state index contributed by atoms with van der Waals surface area (Å²) in [6.45, 7) is 1.85. The number of aromatic nitrogens is 2. The van der Waals surface area contributed by atoms with Gasteiger partial charge in [0.05, 0.1) is 15.0 Å². The molecule has 0 saturated heterocycles. The summed E-state index contributed by atoms with van der Waals surface area (Å²) >= 11 is 9.83. The van der Waals surface area contributed by atoms with E-state index in [1.54, 1.807) is 17.0 Å². The van der Waals surface area contributed by atoms with Gasteiger partial charge in [-0.25, -0.2) is 0 Å². The highest BCUT2D eigenvalue weighted by Crippen LogP contribution is 2.36. The Labute approximate surface area is 151 Å². The molecule has 0 atom stereocenters. The van der Waals surface area contributed by atoms with Crippen molar-refractivity contribution < 1.29 is 9.59 Å². The van der Waals surface area contributed by atoms with Crippen LogP contribution in [0.4, 0.5) is 5.13 Å². The molecule has 122 valence electrons. The van der Waals surface area contributed by atoms with Crippen LogP contribution in [0, 0.1) is 0 Å². The normalized spacial score (nSPS) is 14.0. The van der Waals surface area contributed by atoms with Gasteiger partial charge in [-0.3, -0.25) is 14.5 Å². The van der Waals surface area contributed by atoms with Crippen molar-refractivity contribution >= 4 is 62.9 Å². The second-order valence-corrected chi connectivity index (χ2v) is 8.91. The van der Waals surface area contributed by atoms with Crippen molar-refractivity contribution in [2.75, 3.05) is 10.7 Å². The van der Waals surface area contributed by atoms with Crippen molar-refractivity contribution in [3.63, 3.8) is 0 Å². The maximum Gasteiger partial charge on any atom is 0.228 e. The summed E-state index contributed by atoms with van der Waals surface area (Å²) in [4.78, 5) is 26.5. The van der Waals surface area contributed by atoms with E-state index in [4.69, 9.17) is 11.6 Å². The van der Waals surface area contributed by atoms with Crippen LogP contribution in [0.3, 0.4) is 0 Å². The smallest absolute Gasteiger partial charge is 0.228 e. The fourth-order valence-corrected chi connectivity index (χ4v) is 4.88. The number of thiophene rings is 1. The largest absolute Gasteiger partial charge is 0.292 e. The molecule has 1 saturated carbocycles. The van der Waals surface area contributed by atoms with Gasteiger partial charge in [0.15, 0.2) is 10.1 Å². The van der Waals surface area contributed by atoms with Crippen LogP contribution in [-0.4, -0.2) is 33.7 Å². The van der Waals surface area contributed by atoms with Crippen LogP contribution >= 0.6 is 46.0 Å². The SMILES string of the molecule is CCC(=O)N(c1nnc(SCC(=O)c2ccc(Cl)s2)s1)C1CC1. The van der Waals surface area contributed by atoms with E-state index in [0.29, 0.717) is 25.1 Å². The number of thioether (sulfide) groups is 1. The first kappa shape index (κ1) is 16.9. The number of anilines is 1. The minimum atomic E-state index is 0.0207. The molecular weight excluding hydrogens is 374 g/mol. The zero-order chi connectivity index (χ0) is 16.4. The van der Waals surface area contributed by atoms with E-state index in [2.05, 4.69) is 10.2 Å². The summed E-state index contributed by atoms with van der Waals surface area (Å²) in [6.07, 6.45) is 2.49. The molecule has 2 aromatic rings. The van der Waals surface area contributed by atoms with Crippen LogP contribution in [0.15, 0.2) is 16.5 Å². The maximum absolute atomic E-state index is 12.1. The Morgan fingerprint density at radius 3 is 2.74 bits per heavy atom. The van der Waals surface area contributed by atoms with Gasteiger partial charge < -0.3 is 0 Å². The zero-order valence-electron chi connectivity index (χ0n) is 12.3. The fourth-order valence-electron chi connectivity index (χ4n) is 1.99. The Morgan fingerprint density at radius 1 is 1.35 bits per heavy atom. The van der Waals surface area contributed by atoms with Gasteiger partial charge in [0, 0.05) is 12.5 Å². The number of rotatable bonds is 7. The number of carbonyl (C=O) groups excluding carboxylic acids is 2. The first-order valence-electron chi connectivity index (χ1n) is 7.15. The highest BCUT2D eigenvalue weighted by Gasteiger charge is 2.35. The number of amides is 1. The molecule has 5 nitrogen and oxygen atoms in total. The number of hydrogen-bond donors (Lipinski definition) is 0. The van der Waals surface area contributed by atoms with Gasteiger partial charge in [0.25, 0.3) is 0 Å². The van der Waals surface area contributed by atoms with Crippen LogP contribution in [0.1, 0.15) is 35.9 Å². The molecule has 0 aliphatic heterocycles. The summed E-state index contributed by atoms with van der Waals surface area (Å²) in [5.41, 5.74) is 0. The maximum atomic E-state index is 12.1. The molecule has 0 aromatic carbocycles. The molecule has 1 amide bonds. The third-order valence-corrected chi connectivity index (χ3v) is 6.59. The molecule has 1 aliphatic carbocycles. The summed E-state index contributed by atoms with van der Waals surface area (Å²) in [6, 6.07) is 3.72. The average molecular weight is 388 g/mol. The highest BCUT2D eigenvalue weighted by molar-refractivity contribution is 8.01. The van der Waals surface area contributed by atoms with Crippen LogP contribution in [0.2, 0.25) is 4.34 Å². The second kappa shape index (κ2) is 7.29. The lowest BCUT2D eigenvalue weighted by atomic mass is 10.4. The first-order valence-corrected chi connectivity index (χ1v) is 10.1. The molecule has 0 unspecified atom stereocenters. The molecule has 9 heteroatoms. The molecule has 2 heterocycles. The van der Waals surface area contributed by atoms with Gasteiger partial charge in [-0.15, -0.1) is 21.5 Å². The second-order valence-electron chi connectivity index (χ2n) is 5.01. The molecule has 1 aliphatic rings. The third-order valence-electron chi connectivity index (χ3n) is 3.26. The number of nitrogens with zero attached hydrogens (tertiary/aromatic N) is 3. The van der Waals surface area contributed by atoms with E-state index >= 15 is 0 Å². The highest BCUT2D eigenvalue weighted by atomic mass is 35.5. The average Bonchev–Trinajstić information content (AvgIpc) is 3.09. The molecule has 23 heavy (non-hydrogen) atoms. The molecule has 0 bridgehead atoms. The lowest BCUT2D eigenvalue weighted by Crippen LogP contribution is -2.32. The van der Waals surface area contributed by atoms with E-state index in [9.17, 15) is 9.59 Å². The van der Waals surface area contributed by atoms with Gasteiger partial charge in [-0.05, 0) is 25.0 Å². The van der Waals surface area contributed by atoms with E-state index < -0.39 is 0 Å². The number of halogens is 1. The predicted molar refractivity (Wildman–Crippen MR) is 95.1 cm³/mol. The standard InChI is InChI=1S/C14H14ClN3O2S3/c1-2-12(20)18(8-3-4-8)13-16-17-14(23-13)21-7-9(19)10-5-6-11(15)22-10/h5-6,8H,2-4,7H2,1H3. The Balaban J connectivity index is 1.62. The van der Waals surface area contributed by atoms with Crippen molar-refractivity contribution in [1.82, 2.24) is 10.2 Å². The van der Waals surface area contributed by atoms with Gasteiger partial charge in [-0.1, -0.05) is 41.6 Å². The van der Waals surface area contributed by atoms with E-state index in [0.717, 1.165) is 12.8 Å². The lowest BCUT2D eigenvalue weighted by molar-refractivity contribution is -0.118. The zero-order valence-corrected chi connectivity index (χ0v) is 15.5. The molecule has 0 N–H and O–H groups in total.